The molecule has 0 unspecified atom stereocenters. The molecular formula is C21H15FN2OS. The maximum atomic E-state index is 13.0. The van der Waals surface area contributed by atoms with Crippen molar-refractivity contribution in [2.45, 2.75) is 16.3 Å². The largest absolute Gasteiger partial charge is 0.348 e. The number of amides is 1. The Hall–Kier alpha value is -3.10. The highest BCUT2D eigenvalue weighted by Crippen LogP contribution is 2.32. The number of benzene rings is 3. The van der Waals surface area contributed by atoms with Gasteiger partial charge >= 0.3 is 0 Å². The molecule has 0 atom stereocenters. The van der Waals surface area contributed by atoms with Crippen LogP contribution in [0.5, 0.6) is 0 Å². The summed E-state index contributed by atoms with van der Waals surface area (Å²) >= 11 is 1.38. The molecule has 0 bridgehead atoms. The first kappa shape index (κ1) is 17.7. The average molecular weight is 362 g/mol. The van der Waals surface area contributed by atoms with Gasteiger partial charge < -0.3 is 5.32 Å². The molecule has 0 radical (unpaired) electrons. The maximum Gasteiger partial charge on any atom is 0.252 e. The smallest absolute Gasteiger partial charge is 0.252 e. The molecule has 0 aliphatic rings. The molecule has 0 fully saturated rings. The van der Waals surface area contributed by atoms with Crippen molar-refractivity contribution < 1.29 is 9.18 Å². The molecule has 26 heavy (non-hydrogen) atoms. The van der Waals surface area contributed by atoms with Crippen LogP contribution in [0.15, 0.2) is 82.6 Å². The number of hydrogen-bond donors (Lipinski definition) is 1. The van der Waals surface area contributed by atoms with E-state index in [9.17, 15) is 14.4 Å². The normalized spacial score (nSPS) is 10.2. The standard InChI is InChI=1S/C21H15FN2OS/c22-17-11-9-15(10-12-17)14-24-21(25)18-6-2-4-8-20(18)26-19-7-3-1-5-16(19)13-23/h1-12H,14H2,(H,24,25). The SMILES string of the molecule is N#Cc1ccccc1Sc1ccccc1C(=O)NCc1ccc(F)cc1. The van der Waals surface area contributed by atoms with Crippen molar-refractivity contribution in [3.8, 4) is 6.07 Å². The molecule has 128 valence electrons. The predicted molar refractivity (Wildman–Crippen MR) is 99.3 cm³/mol. The summed E-state index contributed by atoms with van der Waals surface area (Å²) in [6.07, 6.45) is 0. The Morgan fingerprint density at radius 2 is 1.62 bits per heavy atom. The number of hydrogen-bond acceptors (Lipinski definition) is 3. The lowest BCUT2D eigenvalue weighted by atomic mass is 10.2. The van der Waals surface area contributed by atoms with Gasteiger partial charge in [0.2, 0.25) is 0 Å². The predicted octanol–water partition coefficient (Wildman–Crippen LogP) is 4.78. The monoisotopic (exact) mass is 362 g/mol. The third-order valence-corrected chi connectivity index (χ3v) is 4.88. The third-order valence-electron chi connectivity index (χ3n) is 3.73. The zero-order valence-electron chi connectivity index (χ0n) is 13.8. The van der Waals surface area contributed by atoms with E-state index < -0.39 is 0 Å². The maximum absolute atomic E-state index is 13.0. The molecule has 3 rings (SSSR count). The van der Waals surface area contributed by atoms with Crippen LogP contribution in [-0.2, 0) is 6.54 Å². The van der Waals surface area contributed by atoms with Crippen LogP contribution in [0, 0.1) is 17.1 Å². The van der Waals surface area contributed by atoms with Gasteiger partial charge in [-0.15, -0.1) is 0 Å². The Balaban J connectivity index is 1.77. The first-order chi connectivity index (χ1) is 12.7. The molecule has 1 amide bonds. The van der Waals surface area contributed by atoms with E-state index in [0.29, 0.717) is 17.7 Å². The number of nitrogens with one attached hydrogen (secondary N) is 1. The van der Waals surface area contributed by atoms with E-state index >= 15 is 0 Å². The van der Waals surface area contributed by atoms with Crippen molar-refractivity contribution in [1.29, 1.82) is 5.26 Å². The molecule has 0 saturated carbocycles. The fraction of sp³-hybridized carbons (Fsp3) is 0.0476. The van der Waals surface area contributed by atoms with Crippen LogP contribution in [0.3, 0.4) is 0 Å². The van der Waals surface area contributed by atoms with Crippen LogP contribution in [-0.4, -0.2) is 5.91 Å². The van der Waals surface area contributed by atoms with Crippen LogP contribution >= 0.6 is 11.8 Å². The van der Waals surface area contributed by atoms with Crippen molar-refractivity contribution in [3.05, 3.63) is 95.3 Å². The van der Waals surface area contributed by atoms with Gasteiger partial charge in [0.05, 0.1) is 11.1 Å². The van der Waals surface area contributed by atoms with E-state index in [4.69, 9.17) is 0 Å². The molecule has 3 aromatic rings. The molecule has 0 heterocycles. The summed E-state index contributed by atoms with van der Waals surface area (Å²) in [5.41, 5.74) is 1.92. The van der Waals surface area contributed by atoms with Gasteiger partial charge in [0.1, 0.15) is 11.9 Å². The fourth-order valence-electron chi connectivity index (χ4n) is 2.39. The number of carbonyl (C=O) groups excluding carboxylic acids is 1. The molecular weight excluding hydrogens is 347 g/mol. The zero-order chi connectivity index (χ0) is 18.4. The lowest BCUT2D eigenvalue weighted by Gasteiger charge is -2.11. The third kappa shape index (κ3) is 4.29. The molecule has 0 aliphatic heterocycles. The van der Waals surface area contributed by atoms with Crippen molar-refractivity contribution in [2.75, 3.05) is 0 Å². The van der Waals surface area contributed by atoms with Gasteiger partial charge in [-0.3, -0.25) is 4.79 Å². The van der Waals surface area contributed by atoms with Gasteiger partial charge in [0, 0.05) is 16.3 Å². The van der Waals surface area contributed by atoms with Gasteiger partial charge in [-0.25, -0.2) is 4.39 Å². The Labute approximate surface area is 155 Å². The Kier molecular flexibility index (Phi) is 5.67. The summed E-state index contributed by atoms with van der Waals surface area (Å²) in [4.78, 5) is 14.2. The van der Waals surface area contributed by atoms with Crippen molar-refractivity contribution in [2.24, 2.45) is 0 Å². The summed E-state index contributed by atoms with van der Waals surface area (Å²) in [7, 11) is 0. The van der Waals surface area contributed by atoms with Crippen LogP contribution in [0.25, 0.3) is 0 Å². The number of nitrogens with zero attached hydrogens (tertiary/aromatic N) is 1. The molecule has 0 aromatic heterocycles. The van der Waals surface area contributed by atoms with E-state index in [1.165, 1.54) is 23.9 Å². The first-order valence-corrected chi connectivity index (χ1v) is 8.77. The zero-order valence-corrected chi connectivity index (χ0v) is 14.6. The minimum Gasteiger partial charge on any atom is -0.348 e. The summed E-state index contributed by atoms with van der Waals surface area (Å²) in [6.45, 7) is 0.312. The quantitative estimate of drug-likeness (QED) is 0.711. The highest BCUT2D eigenvalue weighted by atomic mass is 32.2. The van der Waals surface area contributed by atoms with E-state index in [2.05, 4.69) is 11.4 Å². The summed E-state index contributed by atoms with van der Waals surface area (Å²) in [5.74, 6) is -0.523. The lowest BCUT2D eigenvalue weighted by molar-refractivity contribution is 0.0948. The minimum atomic E-state index is -0.307. The minimum absolute atomic E-state index is 0.216. The van der Waals surface area contributed by atoms with E-state index in [1.54, 1.807) is 30.3 Å². The van der Waals surface area contributed by atoms with E-state index in [1.807, 2.05) is 30.3 Å². The van der Waals surface area contributed by atoms with E-state index in [-0.39, 0.29) is 11.7 Å². The average Bonchev–Trinajstić information content (AvgIpc) is 2.68. The van der Waals surface area contributed by atoms with Gasteiger partial charge in [-0.2, -0.15) is 5.26 Å². The van der Waals surface area contributed by atoms with Gasteiger partial charge in [-0.05, 0) is 42.0 Å². The van der Waals surface area contributed by atoms with Crippen molar-refractivity contribution in [1.82, 2.24) is 5.32 Å². The van der Waals surface area contributed by atoms with Crippen molar-refractivity contribution in [3.63, 3.8) is 0 Å². The summed E-state index contributed by atoms with van der Waals surface area (Å²) < 4.78 is 13.0. The molecule has 0 saturated heterocycles. The Morgan fingerprint density at radius 3 is 2.35 bits per heavy atom. The molecule has 3 aromatic carbocycles. The number of halogens is 1. The second-order valence-electron chi connectivity index (χ2n) is 5.52. The Bertz CT molecular complexity index is 964. The van der Waals surface area contributed by atoms with E-state index in [0.717, 1.165) is 15.4 Å². The first-order valence-electron chi connectivity index (χ1n) is 7.96. The van der Waals surface area contributed by atoms with Gasteiger partial charge in [-0.1, -0.05) is 48.2 Å². The highest BCUT2D eigenvalue weighted by Gasteiger charge is 2.13. The van der Waals surface area contributed by atoms with Crippen LogP contribution < -0.4 is 5.32 Å². The van der Waals surface area contributed by atoms with Gasteiger partial charge in [0.15, 0.2) is 0 Å². The molecule has 1 N–H and O–H groups in total. The fourth-order valence-corrected chi connectivity index (χ4v) is 3.41. The molecule has 5 heteroatoms. The van der Waals surface area contributed by atoms with Crippen LogP contribution in [0.1, 0.15) is 21.5 Å². The lowest BCUT2D eigenvalue weighted by Crippen LogP contribution is -2.23. The highest BCUT2D eigenvalue weighted by molar-refractivity contribution is 7.99. The summed E-state index contributed by atoms with van der Waals surface area (Å²) in [5, 5.41) is 12.1. The molecule has 3 nitrogen and oxygen atoms in total. The number of rotatable bonds is 5. The molecule has 0 spiro atoms. The molecule has 0 aliphatic carbocycles. The van der Waals surface area contributed by atoms with Crippen LogP contribution in [0.4, 0.5) is 4.39 Å². The number of carbonyl (C=O) groups is 1. The van der Waals surface area contributed by atoms with Gasteiger partial charge in [0.25, 0.3) is 5.91 Å². The van der Waals surface area contributed by atoms with Crippen LogP contribution in [0.2, 0.25) is 0 Å². The second-order valence-corrected chi connectivity index (χ2v) is 6.60. The second kappa shape index (κ2) is 8.32. The summed E-state index contributed by atoms with van der Waals surface area (Å²) in [6, 6.07) is 22.7. The number of nitriles is 1. The van der Waals surface area contributed by atoms with Crippen molar-refractivity contribution >= 4 is 17.7 Å². The topological polar surface area (TPSA) is 52.9 Å². The Morgan fingerprint density at radius 1 is 0.962 bits per heavy atom.